The van der Waals surface area contributed by atoms with Crippen molar-refractivity contribution in [2.45, 2.75) is 52.5 Å². The molecule has 9 nitrogen and oxygen atoms in total. The van der Waals surface area contributed by atoms with Gasteiger partial charge in [-0.15, -0.1) is 0 Å². The van der Waals surface area contributed by atoms with E-state index in [-0.39, 0.29) is 21.3 Å². The number of aryl methyl sites for hydroxylation is 1. The Morgan fingerprint density at radius 1 is 0.951 bits per heavy atom. The second-order valence-corrected chi connectivity index (χ2v) is 10.5. The predicted molar refractivity (Wildman–Crippen MR) is 157 cm³/mol. The predicted octanol–water partition coefficient (Wildman–Crippen LogP) is 6.22. The minimum absolute atomic E-state index is 0.0817. The van der Waals surface area contributed by atoms with Gasteiger partial charge in [0.2, 0.25) is 0 Å². The number of aromatic nitrogens is 1. The van der Waals surface area contributed by atoms with Crippen LogP contribution in [0.2, 0.25) is 0 Å². The van der Waals surface area contributed by atoms with Crippen molar-refractivity contribution in [3.63, 3.8) is 0 Å². The molecular weight excluding hydrogens is 544 g/mol. The van der Waals surface area contributed by atoms with Gasteiger partial charge in [0, 0.05) is 5.56 Å². The fourth-order valence-corrected chi connectivity index (χ4v) is 5.40. The number of aliphatic hydroxyl groups is 1. The summed E-state index contributed by atoms with van der Waals surface area (Å²) in [6, 6.07) is 12.8. The third kappa shape index (κ3) is 6.43. The van der Waals surface area contributed by atoms with Crippen molar-refractivity contribution in [2.24, 2.45) is 0 Å². The molecule has 1 aliphatic rings. The number of thiazole rings is 1. The summed E-state index contributed by atoms with van der Waals surface area (Å²) in [5.41, 5.74) is 1.22. The molecule has 1 fully saturated rings. The van der Waals surface area contributed by atoms with Crippen LogP contribution in [0.3, 0.4) is 0 Å². The Labute approximate surface area is 243 Å². The van der Waals surface area contributed by atoms with E-state index in [0.717, 1.165) is 37.0 Å². The number of rotatable bonds is 12. The minimum Gasteiger partial charge on any atom is -0.507 e. The molecule has 4 rings (SSSR count). The molecule has 0 saturated carbocycles. The summed E-state index contributed by atoms with van der Waals surface area (Å²) in [4.78, 5) is 45.1. The highest BCUT2D eigenvalue weighted by atomic mass is 32.1. The molecule has 0 bridgehead atoms. The van der Waals surface area contributed by atoms with Crippen LogP contribution in [0.15, 0.2) is 54.1 Å². The molecule has 1 unspecified atom stereocenters. The smallest absolute Gasteiger partial charge is 0.350 e. The molecule has 216 valence electrons. The average molecular weight is 579 g/mol. The zero-order chi connectivity index (χ0) is 29.5. The average Bonchev–Trinajstić information content (AvgIpc) is 3.49. The highest BCUT2D eigenvalue weighted by Gasteiger charge is 2.48. The molecule has 0 spiro atoms. The van der Waals surface area contributed by atoms with Gasteiger partial charge in [-0.25, -0.2) is 9.78 Å². The van der Waals surface area contributed by atoms with Gasteiger partial charge in [-0.2, -0.15) is 0 Å². The first-order valence-electron chi connectivity index (χ1n) is 13.6. The number of benzene rings is 2. The highest BCUT2D eigenvalue weighted by Crippen LogP contribution is 2.44. The number of ketones is 1. The van der Waals surface area contributed by atoms with Gasteiger partial charge in [-0.05, 0) is 61.7 Å². The molecule has 0 radical (unpaired) electrons. The zero-order valence-electron chi connectivity index (χ0n) is 23.6. The maximum Gasteiger partial charge on any atom is 0.350 e. The van der Waals surface area contributed by atoms with Crippen LogP contribution in [0.1, 0.15) is 72.1 Å². The first kappa shape index (κ1) is 29.8. The van der Waals surface area contributed by atoms with Crippen molar-refractivity contribution in [1.29, 1.82) is 0 Å². The number of carbonyl (C=O) groups is 3. The molecule has 10 heteroatoms. The number of amides is 1. The van der Waals surface area contributed by atoms with Gasteiger partial charge in [0.05, 0.1) is 37.6 Å². The van der Waals surface area contributed by atoms with Crippen LogP contribution in [-0.4, -0.2) is 48.1 Å². The quantitative estimate of drug-likeness (QED) is 0.0885. The van der Waals surface area contributed by atoms with Gasteiger partial charge < -0.3 is 19.3 Å². The van der Waals surface area contributed by atoms with Crippen LogP contribution in [0.4, 0.5) is 5.13 Å². The van der Waals surface area contributed by atoms with E-state index in [1.54, 1.807) is 55.5 Å². The number of nitrogens with zero attached hydrogens (tertiary/aromatic N) is 2. The van der Waals surface area contributed by atoms with Gasteiger partial charge in [-0.1, -0.05) is 50.2 Å². The van der Waals surface area contributed by atoms with E-state index in [0.29, 0.717) is 41.5 Å². The first-order valence-corrected chi connectivity index (χ1v) is 14.4. The Hall–Kier alpha value is -4.18. The Kier molecular flexibility index (Phi) is 9.78. The second-order valence-electron chi connectivity index (χ2n) is 9.57. The Morgan fingerprint density at radius 2 is 1.51 bits per heavy atom. The van der Waals surface area contributed by atoms with E-state index >= 15 is 0 Å². The van der Waals surface area contributed by atoms with E-state index < -0.39 is 23.7 Å². The van der Waals surface area contributed by atoms with Crippen molar-refractivity contribution in [1.82, 2.24) is 4.98 Å². The molecule has 2 aromatic carbocycles. The first-order chi connectivity index (χ1) is 19.8. The van der Waals surface area contributed by atoms with E-state index in [1.807, 2.05) is 0 Å². The number of ether oxygens (including phenoxy) is 3. The third-order valence-corrected chi connectivity index (χ3v) is 7.80. The van der Waals surface area contributed by atoms with Gasteiger partial charge >= 0.3 is 11.9 Å². The van der Waals surface area contributed by atoms with Gasteiger partial charge in [0.1, 0.15) is 22.1 Å². The fraction of sp³-hybridized carbons (Fsp3) is 0.355. The lowest BCUT2D eigenvalue weighted by Gasteiger charge is -2.23. The molecular formula is C31H34N2O7S. The normalized spacial score (nSPS) is 16.2. The number of aliphatic hydroxyl groups excluding tert-OH is 1. The number of Topliss-reactive ketones (excluding diaryl/α,β-unsaturated/α-hetero) is 1. The van der Waals surface area contributed by atoms with E-state index in [4.69, 9.17) is 14.2 Å². The Morgan fingerprint density at radius 3 is 2.05 bits per heavy atom. The van der Waals surface area contributed by atoms with E-state index in [2.05, 4.69) is 18.8 Å². The summed E-state index contributed by atoms with van der Waals surface area (Å²) in [7, 11) is 1.26. The molecule has 41 heavy (non-hydrogen) atoms. The summed E-state index contributed by atoms with van der Waals surface area (Å²) in [6.45, 7) is 6.93. The third-order valence-electron chi connectivity index (χ3n) is 6.66. The number of unbranched alkanes of at least 4 members (excludes halogenated alkanes) is 2. The van der Waals surface area contributed by atoms with Crippen LogP contribution in [0, 0.1) is 6.92 Å². The van der Waals surface area contributed by atoms with Crippen molar-refractivity contribution in [3.05, 3.63) is 75.8 Å². The second kappa shape index (κ2) is 13.5. The molecule has 1 aliphatic heterocycles. The minimum atomic E-state index is -0.990. The molecule has 0 aliphatic carbocycles. The van der Waals surface area contributed by atoms with Crippen LogP contribution < -0.4 is 14.4 Å². The fourth-order valence-electron chi connectivity index (χ4n) is 4.39. The topological polar surface area (TPSA) is 115 Å². The number of anilines is 1. The maximum atomic E-state index is 13.5. The van der Waals surface area contributed by atoms with Crippen molar-refractivity contribution >= 4 is 39.9 Å². The Balaban J connectivity index is 1.78. The lowest BCUT2D eigenvalue weighted by atomic mass is 9.95. The summed E-state index contributed by atoms with van der Waals surface area (Å²) in [5, 5.41) is 11.6. The van der Waals surface area contributed by atoms with Gasteiger partial charge in [0.25, 0.3) is 5.78 Å². The summed E-state index contributed by atoms with van der Waals surface area (Å²) in [5.74, 6) is -1.33. The summed E-state index contributed by atoms with van der Waals surface area (Å²) >= 11 is 0.953. The molecule has 1 amide bonds. The monoisotopic (exact) mass is 578 g/mol. The molecule has 1 N–H and O–H groups in total. The molecule has 1 atom stereocenters. The van der Waals surface area contributed by atoms with Crippen molar-refractivity contribution in [2.75, 3.05) is 25.2 Å². The SMILES string of the molecule is CCCCOc1ccc(/C(O)=C2\C(=O)C(=O)N(c3nc(C)c(C(=O)OC)s3)C2c2ccc(OCCCC)cc2)cc1. The van der Waals surface area contributed by atoms with Gasteiger partial charge in [-0.3, -0.25) is 14.5 Å². The maximum absolute atomic E-state index is 13.5. The van der Waals surface area contributed by atoms with Crippen LogP contribution in [0.5, 0.6) is 11.5 Å². The summed E-state index contributed by atoms with van der Waals surface area (Å²) < 4.78 is 16.3. The molecule has 2 heterocycles. The molecule has 1 aromatic heterocycles. The lowest BCUT2D eigenvalue weighted by Crippen LogP contribution is -2.29. The number of hydrogen-bond acceptors (Lipinski definition) is 9. The molecule has 1 saturated heterocycles. The van der Waals surface area contributed by atoms with E-state index in [1.165, 1.54) is 12.0 Å². The number of esters is 1. The number of methoxy groups -OCH3 is 1. The zero-order valence-corrected chi connectivity index (χ0v) is 24.5. The van der Waals surface area contributed by atoms with Gasteiger partial charge in [0.15, 0.2) is 5.13 Å². The van der Waals surface area contributed by atoms with Crippen molar-refractivity contribution < 1.29 is 33.7 Å². The molecule has 3 aromatic rings. The lowest BCUT2D eigenvalue weighted by molar-refractivity contribution is -0.132. The standard InChI is InChI=1S/C31H34N2O7S/c1-5-7-17-39-22-13-9-20(10-14-22)25-24(26(34)21-11-15-23(16-12-21)40-18-8-6-2)27(35)29(36)33(25)31-32-19(3)28(41-31)30(37)38-4/h9-16,25,34H,5-8,17-18H2,1-4H3/b26-24+. The van der Waals surface area contributed by atoms with Crippen molar-refractivity contribution in [3.8, 4) is 11.5 Å². The Bertz CT molecular complexity index is 1430. The number of carbonyl (C=O) groups excluding carboxylic acids is 3. The number of hydrogen-bond donors (Lipinski definition) is 1. The highest BCUT2D eigenvalue weighted by molar-refractivity contribution is 7.17. The van der Waals surface area contributed by atoms with Crippen LogP contribution in [0.25, 0.3) is 5.76 Å². The summed E-state index contributed by atoms with van der Waals surface area (Å²) in [6.07, 6.45) is 3.84. The largest absolute Gasteiger partial charge is 0.507 e. The van der Waals surface area contributed by atoms with Crippen LogP contribution >= 0.6 is 11.3 Å². The van der Waals surface area contributed by atoms with Crippen LogP contribution in [-0.2, 0) is 14.3 Å². The van der Waals surface area contributed by atoms with E-state index in [9.17, 15) is 19.5 Å².